The Morgan fingerprint density at radius 1 is 1.20 bits per heavy atom. The molecule has 2 nitrogen and oxygen atoms in total. The summed E-state index contributed by atoms with van der Waals surface area (Å²) >= 11 is 0. The predicted octanol–water partition coefficient (Wildman–Crippen LogP) is 2.12. The lowest BCUT2D eigenvalue weighted by Crippen LogP contribution is -2.33. The van der Waals surface area contributed by atoms with Gasteiger partial charge in [0.15, 0.2) is 0 Å². The SMILES string of the molecule is c1ccc2c(c1)C[C@@H](CN1CCCC1)N2. The Morgan fingerprint density at radius 2 is 2.00 bits per heavy atom. The van der Waals surface area contributed by atoms with Crippen molar-refractivity contribution in [2.75, 3.05) is 25.0 Å². The summed E-state index contributed by atoms with van der Waals surface area (Å²) in [5, 5.41) is 3.62. The zero-order valence-electron chi connectivity index (χ0n) is 9.08. The molecule has 2 aliphatic heterocycles. The van der Waals surface area contributed by atoms with Gasteiger partial charge in [0.05, 0.1) is 0 Å². The standard InChI is InChI=1S/C13H18N2/c1-2-6-13-11(5-1)9-12(14-13)10-15-7-3-4-8-15/h1-2,5-6,12,14H,3-4,7-10H2/t12-/m0/s1. The highest BCUT2D eigenvalue weighted by atomic mass is 15.2. The molecule has 1 N–H and O–H groups in total. The number of hydrogen-bond donors (Lipinski definition) is 1. The van der Waals surface area contributed by atoms with E-state index in [1.807, 2.05) is 0 Å². The fourth-order valence-corrected chi connectivity index (χ4v) is 2.76. The van der Waals surface area contributed by atoms with Gasteiger partial charge in [-0.15, -0.1) is 0 Å². The highest BCUT2D eigenvalue weighted by Crippen LogP contribution is 2.25. The van der Waals surface area contributed by atoms with E-state index in [0.717, 1.165) is 0 Å². The molecule has 0 bridgehead atoms. The molecule has 1 saturated heterocycles. The molecule has 1 atom stereocenters. The monoisotopic (exact) mass is 202 g/mol. The van der Waals surface area contributed by atoms with Crippen LogP contribution in [0, 0.1) is 0 Å². The molecule has 0 amide bonds. The fraction of sp³-hybridized carbons (Fsp3) is 0.538. The lowest BCUT2D eigenvalue weighted by atomic mass is 10.1. The molecule has 0 spiro atoms. The lowest BCUT2D eigenvalue weighted by molar-refractivity contribution is 0.324. The van der Waals surface area contributed by atoms with E-state index in [4.69, 9.17) is 0 Å². The molecule has 1 aromatic carbocycles. The Hall–Kier alpha value is -1.02. The number of anilines is 1. The third-order valence-electron chi connectivity index (χ3n) is 3.52. The summed E-state index contributed by atoms with van der Waals surface area (Å²) < 4.78 is 0. The summed E-state index contributed by atoms with van der Waals surface area (Å²) in [5.74, 6) is 0. The number of nitrogens with zero attached hydrogens (tertiary/aromatic N) is 1. The molecule has 0 unspecified atom stereocenters. The summed E-state index contributed by atoms with van der Waals surface area (Å²) in [6.07, 6.45) is 3.98. The number of nitrogens with one attached hydrogen (secondary N) is 1. The van der Waals surface area contributed by atoms with Crippen LogP contribution >= 0.6 is 0 Å². The van der Waals surface area contributed by atoms with Crippen molar-refractivity contribution in [2.24, 2.45) is 0 Å². The van der Waals surface area contributed by atoms with Crippen molar-refractivity contribution < 1.29 is 0 Å². The molecular formula is C13H18N2. The summed E-state index contributed by atoms with van der Waals surface area (Å²) in [5.41, 5.74) is 2.84. The lowest BCUT2D eigenvalue weighted by Gasteiger charge is -2.20. The van der Waals surface area contributed by atoms with Crippen molar-refractivity contribution in [1.82, 2.24) is 4.90 Å². The predicted molar refractivity (Wildman–Crippen MR) is 63.2 cm³/mol. The van der Waals surface area contributed by atoms with Crippen LogP contribution in [0.3, 0.4) is 0 Å². The van der Waals surface area contributed by atoms with Gasteiger partial charge >= 0.3 is 0 Å². The average Bonchev–Trinajstić information content (AvgIpc) is 2.86. The van der Waals surface area contributed by atoms with Crippen LogP contribution < -0.4 is 5.32 Å². The molecule has 15 heavy (non-hydrogen) atoms. The number of hydrogen-bond acceptors (Lipinski definition) is 2. The molecule has 0 aliphatic carbocycles. The molecule has 80 valence electrons. The fourth-order valence-electron chi connectivity index (χ4n) is 2.76. The van der Waals surface area contributed by atoms with Crippen molar-refractivity contribution in [3.8, 4) is 0 Å². The Labute approximate surface area is 91.3 Å². The average molecular weight is 202 g/mol. The highest BCUT2D eigenvalue weighted by molar-refractivity contribution is 5.56. The largest absolute Gasteiger partial charge is 0.380 e. The van der Waals surface area contributed by atoms with Gasteiger partial charge in [0.2, 0.25) is 0 Å². The zero-order valence-corrected chi connectivity index (χ0v) is 9.08. The molecule has 0 radical (unpaired) electrons. The Morgan fingerprint density at radius 3 is 2.80 bits per heavy atom. The molecular weight excluding hydrogens is 184 g/mol. The van der Waals surface area contributed by atoms with Gasteiger partial charge in [0.25, 0.3) is 0 Å². The maximum absolute atomic E-state index is 3.62. The minimum absolute atomic E-state index is 0.639. The molecule has 3 rings (SSSR count). The maximum atomic E-state index is 3.62. The van der Waals surface area contributed by atoms with Gasteiger partial charge in [-0.3, -0.25) is 0 Å². The second kappa shape index (κ2) is 3.86. The van der Waals surface area contributed by atoms with Gasteiger partial charge < -0.3 is 10.2 Å². The second-order valence-electron chi connectivity index (χ2n) is 4.71. The molecule has 0 aromatic heterocycles. The summed E-state index contributed by atoms with van der Waals surface area (Å²) in [7, 11) is 0. The van der Waals surface area contributed by atoms with E-state index in [1.54, 1.807) is 0 Å². The number of likely N-dealkylation sites (tertiary alicyclic amines) is 1. The van der Waals surface area contributed by atoms with E-state index in [0.29, 0.717) is 6.04 Å². The van der Waals surface area contributed by atoms with Crippen LogP contribution in [0.25, 0.3) is 0 Å². The topological polar surface area (TPSA) is 15.3 Å². The van der Waals surface area contributed by atoms with Crippen LogP contribution in [0.1, 0.15) is 18.4 Å². The van der Waals surface area contributed by atoms with E-state index in [9.17, 15) is 0 Å². The van der Waals surface area contributed by atoms with Gasteiger partial charge in [0.1, 0.15) is 0 Å². The van der Waals surface area contributed by atoms with Gasteiger partial charge in [-0.05, 0) is 44.0 Å². The van der Waals surface area contributed by atoms with Crippen LogP contribution in [-0.2, 0) is 6.42 Å². The smallest absolute Gasteiger partial charge is 0.0429 e. The second-order valence-corrected chi connectivity index (χ2v) is 4.71. The normalized spacial score (nSPS) is 25.2. The minimum Gasteiger partial charge on any atom is -0.380 e. The highest BCUT2D eigenvalue weighted by Gasteiger charge is 2.23. The number of benzene rings is 1. The summed E-state index contributed by atoms with van der Waals surface area (Å²) in [4.78, 5) is 2.59. The number of rotatable bonds is 2. The summed E-state index contributed by atoms with van der Waals surface area (Å²) in [6, 6.07) is 9.33. The first-order chi connectivity index (χ1) is 7.42. The third kappa shape index (κ3) is 1.86. The number of para-hydroxylation sites is 1. The first-order valence-corrected chi connectivity index (χ1v) is 5.98. The van der Waals surface area contributed by atoms with Crippen molar-refractivity contribution >= 4 is 5.69 Å². The zero-order chi connectivity index (χ0) is 10.1. The van der Waals surface area contributed by atoms with E-state index >= 15 is 0 Å². The first-order valence-electron chi connectivity index (χ1n) is 5.98. The molecule has 2 heteroatoms. The van der Waals surface area contributed by atoms with Crippen LogP contribution in [-0.4, -0.2) is 30.6 Å². The third-order valence-corrected chi connectivity index (χ3v) is 3.52. The van der Waals surface area contributed by atoms with Crippen LogP contribution in [0.4, 0.5) is 5.69 Å². The van der Waals surface area contributed by atoms with Gasteiger partial charge in [-0.25, -0.2) is 0 Å². The van der Waals surface area contributed by atoms with Crippen molar-refractivity contribution in [3.63, 3.8) is 0 Å². The van der Waals surface area contributed by atoms with Crippen molar-refractivity contribution in [2.45, 2.75) is 25.3 Å². The van der Waals surface area contributed by atoms with Crippen molar-refractivity contribution in [1.29, 1.82) is 0 Å². The van der Waals surface area contributed by atoms with Gasteiger partial charge in [0, 0.05) is 18.3 Å². The maximum Gasteiger partial charge on any atom is 0.0429 e. The van der Waals surface area contributed by atoms with E-state index in [-0.39, 0.29) is 0 Å². The van der Waals surface area contributed by atoms with Gasteiger partial charge in [-0.1, -0.05) is 18.2 Å². The molecule has 1 aromatic rings. The van der Waals surface area contributed by atoms with E-state index < -0.39 is 0 Å². The molecule has 0 saturated carbocycles. The first kappa shape index (κ1) is 9.22. The van der Waals surface area contributed by atoms with Crippen molar-refractivity contribution in [3.05, 3.63) is 29.8 Å². The molecule has 2 aliphatic rings. The van der Waals surface area contributed by atoms with E-state index in [1.165, 1.54) is 50.1 Å². The van der Waals surface area contributed by atoms with Gasteiger partial charge in [-0.2, -0.15) is 0 Å². The minimum atomic E-state index is 0.639. The van der Waals surface area contributed by atoms with Crippen LogP contribution in [0.5, 0.6) is 0 Å². The Kier molecular flexibility index (Phi) is 2.37. The molecule has 2 heterocycles. The van der Waals surface area contributed by atoms with Crippen LogP contribution in [0.2, 0.25) is 0 Å². The van der Waals surface area contributed by atoms with Crippen LogP contribution in [0.15, 0.2) is 24.3 Å². The molecule has 1 fully saturated rings. The van der Waals surface area contributed by atoms with E-state index in [2.05, 4.69) is 34.5 Å². The quantitative estimate of drug-likeness (QED) is 0.790. The number of fused-ring (bicyclic) bond motifs is 1. The Bertz CT molecular complexity index is 317. The summed E-state index contributed by atoms with van der Waals surface area (Å²) in [6.45, 7) is 3.82. The Balaban J connectivity index is 1.63.